The zero-order valence-corrected chi connectivity index (χ0v) is 21.4. The molecule has 0 saturated carbocycles. The van der Waals surface area contributed by atoms with E-state index in [1.807, 2.05) is 13.0 Å². The average Bonchev–Trinajstić information content (AvgIpc) is 3.42. The Bertz CT molecular complexity index is 1240. The Labute approximate surface area is 216 Å². The van der Waals surface area contributed by atoms with Gasteiger partial charge in [0.1, 0.15) is 17.6 Å². The Hall–Kier alpha value is -3.56. The summed E-state index contributed by atoms with van der Waals surface area (Å²) in [5.74, 6) is 0.240. The number of benzene rings is 2. The quantitative estimate of drug-likeness (QED) is 0.347. The van der Waals surface area contributed by atoms with Crippen LogP contribution in [0.4, 0.5) is 0 Å². The molecule has 9 heteroatoms. The number of hydrogen-bond donors (Lipinski definition) is 1. The van der Waals surface area contributed by atoms with E-state index in [9.17, 15) is 14.7 Å². The van der Waals surface area contributed by atoms with Crippen molar-refractivity contribution in [1.82, 2.24) is 9.80 Å². The number of Topliss-reactive ketones (excluding diaryl/α,β-unsaturated/α-hetero) is 1. The van der Waals surface area contributed by atoms with Crippen LogP contribution >= 0.6 is 0 Å². The third kappa shape index (κ3) is 4.76. The summed E-state index contributed by atoms with van der Waals surface area (Å²) in [5, 5.41) is 11.5. The van der Waals surface area contributed by atoms with Gasteiger partial charge in [0.05, 0.1) is 39.0 Å². The van der Waals surface area contributed by atoms with Crippen LogP contribution in [0.25, 0.3) is 5.76 Å². The Morgan fingerprint density at radius 2 is 1.78 bits per heavy atom. The van der Waals surface area contributed by atoms with Gasteiger partial charge < -0.3 is 29.0 Å². The Morgan fingerprint density at radius 3 is 2.51 bits per heavy atom. The molecule has 0 radical (unpaired) electrons. The zero-order chi connectivity index (χ0) is 26.1. The molecular weight excluding hydrogens is 476 g/mol. The van der Waals surface area contributed by atoms with Crippen LogP contribution in [-0.2, 0) is 20.7 Å². The minimum absolute atomic E-state index is 0.0462. The Morgan fingerprint density at radius 1 is 1.03 bits per heavy atom. The smallest absolute Gasteiger partial charge is 0.295 e. The molecule has 3 heterocycles. The minimum atomic E-state index is -0.774. The Balaban J connectivity index is 1.56. The number of likely N-dealkylation sites (tertiary alicyclic amines) is 1. The molecule has 2 fully saturated rings. The number of morpholine rings is 1. The maximum absolute atomic E-state index is 13.4. The van der Waals surface area contributed by atoms with Crippen molar-refractivity contribution in [2.75, 3.05) is 53.6 Å². The van der Waals surface area contributed by atoms with Gasteiger partial charge in [-0.25, -0.2) is 0 Å². The maximum Gasteiger partial charge on any atom is 0.295 e. The van der Waals surface area contributed by atoms with Crippen LogP contribution in [0, 0.1) is 0 Å². The number of methoxy groups -OCH3 is 2. The lowest BCUT2D eigenvalue weighted by molar-refractivity contribution is -0.140. The fourth-order valence-electron chi connectivity index (χ4n) is 5.28. The molecule has 0 aromatic heterocycles. The zero-order valence-electron chi connectivity index (χ0n) is 21.4. The SMILES string of the molecule is COc1ccc(C2/C(=C(\O)c3ccc4c(c3)CC(C)O4)C(=O)C(=O)N2CCN2CCOCC2)cc1OC. The van der Waals surface area contributed by atoms with Crippen LogP contribution < -0.4 is 14.2 Å². The largest absolute Gasteiger partial charge is 0.507 e. The number of carbonyl (C=O) groups is 2. The van der Waals surface area contributed by atoms with E-state index in [-0.39, 0.29) is 17.4 Å². The molecule has 0 spiro atoms. The van der Waals surface area contributed by atoms with Crippen molar-refractivity contribution in [2.45, 2.75) is 25.5 Å². The third-order valence-corrected chi connectivity index (χ3v) is 7.19. The first-order valence-corrected chi connectivity index (χ1v) is 12.5. The molecule has 0 bridgehead atoms. The molecule has 2 atom stereocenters. The topological polar surface area (TPSA) is 97.8 Å². The lowest BCUT2D eigenvalue weighted by atomic mass is 9.94. The van der Waals surface area contributed by atoms with Crippen molar-refractivity contribution >= 4 is 17.4 Å². The maximum atomic E-state index is 13.4. The molecule has 196 valence electrons. The lowest BCUT2D eigenvalue weighted by Gasteiger charge is -2.31. The summed E-state index contributed by atoms with van der Waals surface area (Å²) in [6, 6.07) is 9.87. The number of aliphatic hydroxyl groups excluding tert-OH is 1. The molecule has 2 aromatic rings. The Kier molecular flexibility index (Phi) is 7.08. The average molecular weight is 509 g/mol. The van der Waals surface area contributed by atoms with Gasteiger partial charge in [0.25, 0.3) is 11.7 Å². The lowest BCUT2D eigenvalue weighted by Crippen LogP contribution is -2.42. The first-order chi connectivity index (χ1) is 17.9. The highest BCUT2D eigenvalue weighted by atomic mass is 16.5. The van der Waals surface area contributed by atoms with E-state index in [1.165, 1.54) is 7.11 Å². The van der Waals surface area contributed by atoms with Crippen LogP contribution in [0.5, 0.6) is 17.2 Å². The highest BCUT2D eigenvalue weighted by Crippen LogP contribution is 2.42. The van der Waals surface area contributed by atoms with E-state index in [2.05, 4.69) is 4.90 Å². The van der Waals surface area contributed by atoms with Crippen LogP contribution in [0.1, 0.15) is 29.7 Å². The summed E-state index contributed by atoms with van der Waals surface area (Å²) in [7, 11) is 3.08. The first kappa shape index (κ1) is 25.1. The molecule has 2 unspecified atom stereocenters. The van der Waals surface area contributed by atoms with Gasteiger partial charge in [-0.3, -0.25) is 14.5 Å². The summed E-state index contributed by atoms with van der Waals surface area (Å²) in [4.78, 5) is 30.5. The van der Waals surface area contributed by atoms with Gasteiger partial charge in [-0.2, -0.15) is 0 Å². The van der Waals surface area contributed by atoms with Gasteiger partial charge in [-0.15, -0.1) is 0 Å². The van der Waals surface area contributed by atoms with Gasteiger partial charge >= 0.3 is 0 Å². The summed E-state index contributed by atoms with van der Waals surface area (Å²) in [5.41, 5.74) is 2.15. The van der Waals surface area contributed by atoms with Crippen LogP contribution in [-0.4, -0.2) is 86.3 Å². The number of hydrogen-bond acceptors (Lipinski definition) is 8. The van der Waals surface area contributed by atoms with Crippen molar-refractivity contribution in [3.63, 3.8) is 0 Å². The summed E-state index contributed by atoms with van der Waals surface area (Å²) in [6.07, 6.45) is 0.758. The van der Waals surface area contributed by atoms with Crippen molar-refractivity contribution in [3.05, 3.63) is 58.7 Å². The molecular formula is C28H32N2O7. The summed E-state index contributed by atoms with van der Waals surface area (Å²) in [6.45, 7) is 5.71. The number of ether oxygens (including phenoxy) is 4. The molecule has 0 aliphatic carbocycles. The van der Waals surface area contributed by atoms with Crippen LogP contribution in [0.3, 0.4) is 0 Å². The number of rotatable bonds is 7. The molecule has 3 aliphatic rings. The van der Waals surface area contributed by atoms with E-state index in [0.29, 0.717) is 55.4 Å². The fraction of sp³-hybridized carbons (Fsp3) is 0.429. The van der Waals surface area contributed by atoms with Gasteiger partial charge in [0, 0.05) is 38.2 Å². The summed E-state index contributed by atoms with van der Waals surface area (Å²) < 4.78 is 22.1. The monoisotopic (exact) mass is 508 g/mol. The normalized spacial score (nSPS) is 23.2. The van der Waals surface area contributed by atoms with Gasteiger partial charge in [-0.05, 0) is 48.4 Å². The minimum Gasteiger partial charge on any atom is -0.507 e. The summed E-state index contributed by atoms with van der Waals surface area (Å²) >= 11 is 0. The standard InChI is InChI=1S/C28H32N2O7/c1-17-14-20-15-19(5-6-21(20)37-17)26(31)24-25(18-4-7-22(34-2)23(16-18)35-3)30(28(33)27(24)32)9-8-29-10-12-36-13-11-29/h4-7,15-17,25,31H,8-14H2,1-3H3/b26-24+. The van der Waals surface area contributed by atoms with E-state index < -0.39 is 17.7 Å². The number of carbonyl (C=O) groups excluding carboxylic acids is 2. The third-order valence-electron chi connectivity index (χ3n) is 7.19. The molecule has 2 saturated heterocycles. The number of aliphatic hydroxyl groups is 1. The van der Waals surface area contributed by atoms with Crippen LogP contribution in [0.2, 0.25) is 0 Å². The van der Waals surface area contributed by atoms with Crippen molar-refractivity contribution in [2.24, 2.45) is 0 Å². The second kappa shape index (κ2) is 10.4. The van der Waals surface area contributed by atoms with E-state index >= 15 is 0 Å². The van der Waals surface area contributed by atoms with Crippen molar-refractivity contribution < 1.29 is 33.6 Å². The second-order valence-corrected chi connectivity index (χ2v) is 9.52. The van der Waals surface area contributed by atoms with Gasteiger partial charge in [-0.1, -0.05) is 6.07 Å². The van der Waals surface area contributed by atoms with E-state index in [0.717, 1.165) is 24.4 Å². The second-order valence-electron chi connectivity index (χ2n) is 9.52. The predicted molar refractivity (Wildman–Crippen MR) is 136 cm³/mol. The van der Waals surface area contributed by atoms with Gasteiger partial charge in [0.15, 0.2) is 11.5 Å². The number of amides is 1. The van der Waals surface area contributed by atoms with Gasteiger partial charge in [0.2, 0.25) is 0 Å². The number of fused-ring (bicyclic) bond motifs is 1. The predicted octanol–water partition coefficient (Wildman–Crippen LogP) is 2.78. The molecule has 1 amide bonds. The van der Waals surface area contributed by atoms with E-state index in [1.54, 1.807) is 42.3 Å². The molecule has 1 N–H and O–H groups in total. The van der Waals surface area contributed by atoms with Crippen LogP contribution in [0.15, 0.2) is 42.0 Å². The highest BCUT2D eigenvalue weighted by molar-refractivity contribution is 6.46. The molecule has 37 heavy (non-hydrogen) atoms. The first-order valence-electron chi connectivity index (χ1n) is 12.5. The number of nitrogens with zero attached hydrogens (tertiary/aromatic N) is 2. The van der Waals surface area contributed by atoms with Crippen molar-refractivity contribution in [3.8, 4) is 17.2 Å². The molecule has 3 aliphatic heterocycles. The molecule has 9 nitrogen and oxygen atoms in total. The van der Waals surface area contributed by atoms with E-state index in [4.69, 9.17) is 18.9 Å². The molecule has 5 rings (SSSR count). The van der Waals surface area contributed by atoms with Crippen molar-refractivity contribution in [1.29, 1.82) is 0 Å². The molecule has 2 aromatic carbocycles. The fourth-order valence-corrected chi connectivity index (χ4v) is 5.28. The highest BCUT2D eigenvalue weighted by Gasteiger charge is 2.46. The number of ketones is 1.